The Kier molecular flexibility index (Phi) is 4.33. The van der Waals surface area contributed by atoms with Gasteiger partial charge in [0.15, 0.2) is 0 Å². The SMILES string of the molecule is N#Cc1ccccc1NC(=O)C1(C(=O)N2CCCCCC2)CC1. The van der Waals surface area contributed by atoms with Crippen LogP contribution in [0.1, 0.15) is 44.1 Å². The van der Waals surface area contributed by atoms with E-state index in [9.17, 15) is 9.59 Å². The smallest absolute Gasteiger partial charge is 0.240 e. The first-order chi connectivity index (χ1) is 11.2. The van der Waals surface area contributed by atoms with E-state index in [1.807, 2.05) is 4.90 Å². The maximum Gasteiger partial charge on any atom is 0.240 e. The Bertz CT molecular complexity index is 650. The number of likely N-dealkylation sites (tertiary alicyclic amines) is 1. The van der Waals surface area contributed by atoms with Gasteiger partial charge in [-0.15, -0.1) is 0 Å². The van der Waals surface area contributed by atoms with Gasteiger partial charge in [0.05, 0.1) is 11.3 Å². The van der Waals surface area contributed by atoms with Crippen molar-refractivity contribution in [3.63, 3.8) is 0 Å². The molecule has 5 nitrogen and oxygen atoms in total. The number of carbonyl (C=O) groups is 2. The Morgan fingerprint density at radius 3 is 2.35 bits per heavy atom. The summed E-state index contributed by atoms with van der Waals surface area (Å²) in [6, 6.07) is 8.94. The van der Waals surface area contributed by atoms with E-state index < -0.39 is 5.41 Å². The van der Waals surface area contributed by atoms with Gasteiger partial charge in [0, 0.05) is 13.1 Å². The highest BCUT2D eigenvalue weighted by atomic mass is 16.2. The third kappa shape index (κ3) is 3.07. The molecule has 1 aliphatic carbocycles. The molecule has 1 heterocycles. The van der Waals surface area contributed by atoms with Crippen LogP contribution in [0.3, 0.4) is 0 Å². The lowest BCUT2D eigenvalue weighted by atomic mass is 10.0. The van der Waals surface area contributed by atoms with Gasteiger partial charge in [-0.1, -0.05) is 25.0 Å². The first kappa shape index (κ1) is 15.5. The Morgan fingerprint density at radius 1 is 1.09 bits per heavy atom. The number of nitrogens with one attached hydrogen (secondary N) is 1. The molecular weight excluding hydrogens is 290 g/mol. The van der Waals surface area contributed by atoms with Gasteiger partial charge in [0.2, 0.25) is 11.8 Å². The predicted molar refractivity (Wildman–Crippen MR) is 86.5 cm³/mol. The molecule has 1 aliphatic heterocycles. The number of benzene rings is 1. The lowest BCUT2D eigenvalue weighted by molar-refractivity contribution is -0.142. The number of amides is 2. The summed E-state index contributed by atoms with van der Waals surface area (Å²) >= 11 is 0. The zero-order chi connectivity index (χ0) is 16.3. The minimum absolute atomic E-state index is 0.0358. The number of para-hydroxylation sites is 1. The van der Waals surface area contributed by atoms with Crippen LogP contribution in [-0.4, -0.2) is 29.8 Å². The monoisotopic (exact) mass is 311 g/mol. The van der Waals surface area contributed by atoms with Crippen molar-refractivity contribution in [2.45, 2.75) is 38.5 Å². The lowest BCUT2D eigenvalue weighted by Crippen LogP contribution is -2.43. The second kappa shape index (κ2) is 6.41. The molecule has 1 aromatic carbocycles. The van der Waals surface area contributed by atoms with Gasteiger partial charge in [0.1, 0.15) is 11.5 Å². The number of rotatable bonds is 3. The van der Waals surface area contributed by atoms with Crippen LogP contribution in [0.4, 0.5) is 5.69 Å². The molecule has 2 fully saturated rings. The predicted octanol–water partition coefficient (Wildman–Crippen LogP) is 2.68. The highest BCUT2D eigenvalue weighted by molar-refractivity contribution is 6.13. The number of anilines is 1. The van der Waals surface area contributed by atoms with Crippen molar-refractivity contribution >= 4 is 17.5 Å². The zero-order valence-corrected chi connectivity index (χ0v) is 13.2. The Hall–Kier alpha value is -2.35. The van der Waals surface area contributed by atoms with Crippen molar-refractivity contribution in [1.82, 2.24) is 4.90 Å². The maximum absolute atomic E-state index is 12.8. The third-order valence-electron chi connectivity index (χ3n) is 4.78. The van der Waals surface area contributed by atoms with Crippen LogP contribution < -0.4 is 5.32 Å². The fraction of sp³-hybridized carbons (Fsp3) is 0.500. The highest BCUT2D eigenvalue weighted by Gasteiger charge is 2.58. The highest BCUT2D eigenvalue weighted by Crippen LogP contribution is 2.48. The fourth-order valence-corrected chi connectivity index (χ4v) is 3.17. The average Bonchev–Trinajstić information content (AvgIpc) is 3.39. The summed E-state index contributed by atoms with van der Waals surface area (Å²) in [5.41, 5.74) is -0.0128. The molecule has 120 valence electrons. The summed E-state index contributed by atoms with van der Waals surface area (Å²) in [6.07, 6.45) is 5.53. The van der Waals surface area contributed by atoms with Gasteiger partial charge in [-0.3, -0.25) is 9.59 Å². The fourth-order valence-electron chi connectivity index (χ4n) is 3.17. The molecule has 0 radical (unpaired) electrons. The third-order valence-corrected chi connectivity index (χ3v) is 4.78. The largest absolute Gasteiger partial charge is 0.342 e. The molecule has 1 aromatic rings. The van der Waals surface area contributed by atoms with Crippen LogP contribution in [0, 0.1) is 16.7 Å². The minimum Gasteiger partial charge on any atom is -0.342 e. The van der Waals surface area contributed by atoms with E-state index in [0.717, 1.165) is 38.8 Å². The number of carbonyl (C=O) groups excluding carboxylic acids is 2. The van der Waals surface area contributed by atoms with Crippen LogP contribution in [0.2, 0.25) is 0 Å². The molecule has 0 aromatic heterocycles. The molecule has 2 amide bonds. The molecule has 3 rings (SSSR count). The molecule has 0 atom stereocenters. The molecule has 0 unspecified atom stereocenters. The second-order valence-corrected chi connectivity index (χ2v) is 6.40. The Morgan fingerprint density at radius 2 is 1.74 bits per heavy atom. The van der Waals surface area contributed by atoms with Crippen LogP contribution in [0.15, 0.2) is 24.3 Å². The van der Waals surface area contributed by atoms with Gasteiger partial charge in [-0.25, -0.2) is 0 Å². The molecule has 0 spiro atoms. The van der Waals surface area contributed by atoms with Crippen molar-refractivity contribution in [1.29, 1.82) is 5.26 Å². The van der Waals surface area contributed by atoms with Crippen molar-refractivity contribution in [2.24, 2.45) is 5.41 Å². The summed E-state index contributed by atoms with van der Waals surface area (Å²) in [7, 11) is 0. The Balaban J connectivity index is 1.73. The number of hydrogen-bond acceptors (Lipinski definition) is 3. The summed E-state index contributed by atoms with van der Waals surface area (Å²) in [4.78, 5) is 27.3. The van der Waals surface area contributed by atoms with Gasteiger partial charge in [-0.2, -0.15) is 5.26 Å². The van der Waals surface area contributed by atoms with Crippen LogP contribution in [0.5, 0.6) is 0 Å². The number of nitriles is 1. The van der Waals surface area contributed by atoms with Crippen LogP contribution >= 0.6 is 0 Å². The summed E-state index contributed by atoms with van der Waals surface area (Å²) in [5.74, 6) is -0.305. The molecule has 1 saturated heterocycles. The van der Waals surface area contributed by atoms with E-state index in [2.05, 4.69) is 11.4 Å². The molecule has 2 aliphatic rings. The van der Waals surface area contributed by atoms with Gasteiger partial charge in [0.25, 0.3) is 0 Å². The number of nitrogens with zero attached hydrogens (tertiary/aromatic N) is 2. The first-order valence-electron chi connectivity index (χ1n) is 8.27. The van der Waals surface area contributed by atoms with Gasteiger partial charge < -0.3 is 10.2 Å². The first-order valence-corrected chi connectivity index (χ1v) is 8.27. The minimum atomic E-state index is -0.910. The molecular formula is C18H21N3O2. The quantitative estimate of drug-likeness (QED) is 0.872. The topological polar surface area (TPSA) is 73.2 Å². The maximum atomic E-state index is 12.8. The Labute approximate surface area is 136 Å². The van der Waals surface area contributed by atoms with E-state index in [0.29, 0.717) is 24.1 Å². The summed E-state index contributed by atoms with van der Waals surface area (Å²) < 4.78 is 0. The number of hydrogen-bond donors (Lipinski definition) is 1. The van der Waals surface area contributed by atoms with E-state index in [-0.39, 0.29) is 11.8 Å². The van der Waals surface area contributed by atoms with Crippen molar-refractivity contribution < 1.29 is 9.59 Å². The van der Waals surface area contributed by atoms with Crippen molar-refractivity contribution in [3.05, 3.63) is 29.8 Å². The van der Waals surface area contributed by atoms with Crippen molar-refractivity contribution in [3.8, 4) is 6.07 Å². The second-order valence-electron chi connectivity index (χ2n) is 6.40. The summed E-state index contributed by atoms with van der Waals surface area (Å²) in [6.45, 7) is 1.51. The van der Waals surface area contributed by atoms with E-state index >= 15 is 0 Å². The van der Waals surface area contributed by atoms with Gasteiger partial charge >= 0.3 is 0 Å². The zero-order valence-electron chi connectivity index (χ0n) is 13.2. The van der Waals surface area contributed by atoms with E-state index in [1.54, 1.807) is 24.3 Å². The lowest BCUT2D eigenvalue weighted by Gasteiger charge is -2.25. The van der Waals surface area contributed by atoms with Crippen LogP contribution in [0.25, 0.3) is 0 Å². The molecule has 1 saturated carbocycles. The van der Waals surface area contributed by atoms with Crippen molar-refractivity contribution in [2.75, 3.05) is 18.4 Å². The van der Waals surface area contributed by atoms with Gasteiger partial charge in [-0.05, 0) is 37.8 Å². The average molecular weight is 311 g/mol. The van der Waals surface area contributed by atoms with Crippen LogP contribution in [-0.2, 0) is 9.59 Å². The molecule has 0 bridgehead atoms. The van der Waals surface area contributed by atoms with E-state index in [1.165, 1.54) is 0 Å². The summed E-state index contributed by atoms with van der Waals surface area (Å²) in [5, 5.41) is 11.9. The molecule has 5 heteroatoms. The van der Waals surface area contributed by atoms with E-state index in [4.69, 9.17) is 5.26 Å². The molecule has 1 N–H and O–H groups in total. The molecule has 23 heavy (non-hydrogen) atoms. The standard InChI is InChI=1S/C18H21N3O2/c19-13-14-7-3-4-8-15(14)20-16(22)18(9-10-18)17(23)21-11-5-1-2-6-12-21/h3-4,7-8H,1-2,5-6,9-12H2,(H,20,22). The normalized spacial score (nSPS) is 19.3.